The second-order valence-electron chi connectivity index (χ2n) is 10.9. The smallest absolute Gasteiger partial charge is 0.271 e. The number of nitro benzene ring substituents is 1. The van der Waals surface area contributed by atoms with Gasteiger partial charge in [-0.15, -0.1) is 0 Å². The van der Waals surface area contributed by atoms with Crippen LogP contribution in [0, 0.1) is 17.0 Å². The molecule has 0 unspecified atom stereocenters. The number of furan rings is 1. The molecule has 0 spiro atoms. The van der Waals surface area contributed by atoms with Gasteiger partial charge in [-0.05, 0) is 55.5 Å². The van der Waals surface area contributed by atoms with Crippen molar-refractivity contribution in [1.29, 1.82) is 0 Å². The van der Waals surface area contributed by atoms with Gasteiger partial charge >= 0.3 is 0 Å². The Hall–Kier alpha value is -4.18. The summed E-state index contributed by atoms with van der Waals surface area (Å²) < 4.78 is 7.00. The largest absolute Gasteiger partial charge is 0.464 e. The van der Waals surface area contributed by atoms with Gasteiger partial charge in [0.2, 0.25) is 5.91 Å². The first-order valence-corrected chi connectivity index (χ1v) is 15.2. The molecule has 0 atom stereocenters. The highest BCUT2D eigenvalue weighted by molar-refractivity contribution is 7.99. The first-order valence-electron chi connectivity index (χ1n) is 14.2. The molecule has 2 aromatic carbocycles. The quantitative estimate of drug-likeness (QED) is 0.0966. The standard InChI is InChI=1S/C32H34N4O5S/c1-20(2)26-15-14-22(28-13-8-16-41-28)17-27(26)30-21(3)31(38)35(24-11-7-12-25(18-24)36(39)40)32(34-30)42-19-29(37)33-23-9-5-4-6-10-23/h7-8,11-18,20,23H,4-6,9-10,19H2,1-3H3,(H,33,37). The van der Waals surface area contributed by atoms with Crippen LogP contribution in [0.5, 0.6) is 0 Å². The van der Waals surface area contributed by atoms with E-state index in [0.717, 1.165) is 54.1 Å². The van der Waals surface area contributed by atoms with E-state index in [1.54, 1.807) is 19.3 Å². The number of aromatic nitrogens is 2. The summed E-state index contributed by atoms with van der Waals surface area (Å²) in [5.74, 6) is 0.771. The Morgan fingerprint density at radius 2 is 1.93 bits per heavy atom. The number of carbonyl (C=O) groups excluding carboxylic acids is 1. The molecule has 9 nitrogen and oxygen atoms in total. The second kappa shape index (κ2) is 12.8. The van der Waals surface area contributed by atoms with Gasteiger partial charge in [0, 0.05) is 34.9 Å². The van der Waals surface area contributed by atoms with Gasteiger partial charge in [0.1, 0.15) is 5.76 Å². The number of nitrogens with one attached hydrogen (secondary N) is 1. The van der Waals surface area contributed by atoms with Crippen LogP contribution in [0.2, 0.25) is 0 Å². The summed E-state index contributed by atoms with van der Waals surface area (Å²) >= 11 is 1.15. The van der Waals surface area contributed by atoms with Crippen molar-refractivity contribution in [1.82, 2.24) is 14.9 Å². The number of thioether (sulfide) groups is 1. The van der Waals surface area contributed by atoms with E-state index in [0.29, 0.717) is 22.7 Å². The average molecular weight is 587 g/mol. The number of carbonyl (C=O) groups is 1. The molecule has 42 heavy (non-hydrogen) atoms. The summed E-state index contributed by atoms with van der Waals surface area (Å²) in [6.07, 6.45) is 6.93. The van der Waals surface area contributed by atoms with Crippen molar-refractivity contribution in [2.75, 3.05) is 5.75 Å². The van der Waals surface area contributed by atoms with E-state index in [4.69, 9.17) is 9.40 Å². The molecule has 1 N–H and O–H groups in total. The number of hydrogen-bond donors (Lipinski definition) is 1. The van der Waals surface area contributed by atoms with E-state index in [-0.39, 0.29) is 40.0 Å². The van der Waals surface area contributed by atoms with E-state index >= 15 is 0 Å². The molecule has 10 heteroatoms. The van der Waals surface area contributed by atoms with Crippen LogP contribution in [-0.4, -0.2) is 32.2 Å². The van der Waals surface area contributed by atoms with Crippen LogP contribution in [-0.2, 0) is 4.79 Å². The van der Waals surface area contributed by atoms with Crippen molar-refractivity contribution >= 4 is 23.4 Å². The molecule has 2 heterocycles. The summed E-state index contributed by atoms with van der Waals surface area (Å²) in [5.41, 5.74) is 3.40. The van der Waals surface area contributed by atoms with Gasteiger partial charge < -0.3 is 9.73 Å². The molecule has 4 aromatic rings. The van der Waals surface area contributed by atoms with E-state index in [9.17, 15) is 19.7 Å². The van der Waals surface area contributed by atoms with Crippen LogP contribution in [0.1, 0.15) is 63.0 Å². The maximum absolute atomic E-state index is 14.0. The number of nitrogens with zero attached hydrogens (tertiary/aromatic N) is 3. The number of nitro groups is 1. The fourth-order valence-electron chi connectivity index (χ4n) is 5.43. The van der Waals surface area contributed by atoms with Crippen LogP contribution in [0.4, 0.5) is 5.69 Å². The van der Waals surface area contributed by atoms with Gasteiger partial charge in [0.25, 0.3) is 11.2 Å². The number of hydrogen-bond acceptors (Lipinski definition) is 7. The average Bonchev–Trinajstić information content (AvgIpc) is 3.53. The summed E-state index contributed by atoms with van der Waals surface area (Å²) in [4.78, 5) is 43.0. The highest BCUT2D eigenvalue weighted by atomic mass is 32.2. The molecule has 0 aliphatic heterocycles. The summed E-state index contributed by atoms with van der Waals surface area (Å²) in [6.45, 7) is 5.87. The van der Waals surface area contributed by atoms with E-state index < -0.39 is 4.92 Å². The molecule has 1 aliphatic rings. The first-order chi connectivity index (χ1) is 20.2. The number of rotatable bonds is 9. The maximum Gasteiger partial charge on any atom is 0.271 e. The lowest BCUT2D eigenvalue weighted by Gasteiger charge is -2.23. The molecule has 0 saturated heterocycles. The molecule has 0 radical (unpaired) electrons. The van der Waals surface area contributed by atoms with Crippen molar-refractivity contribution < 1.29 is 14.1 Å². The minimum absolute atomic E-state index is 0.0594. The summed E-state index contributed by atoms with van der Waals surface area (Å²) in [6, 6.07) is 15.8. The SMILES string of the molecule is Cc1c(-c2cc(-c3ccco3)ccc2C(C)C)nc(SCC(=O)NC2CCCCC2)n(-c2cccc([N+](=O)[O-])c2)c1=O. The van der Waals surface area contributed by atoms with Crippen LogP contribution >= 0.6 is 11.8 Å². The molecular weight excluding hydrogens is 552 g/mol. The zero-order chi connectivity index (χ0) is 29.8. The second-order valence-corrected chi connectivity index (χ2v) is 11.9. The van der Waals surface area contributed by atoms with E-state index in [1.165, 1.54) is 29.2 Å². The predicted molar refractivity (Wildman–Crippen MR) is 164 cm³/mol. The monoisotopic (exact) mass is 586 g/mol. The lowest BCUT2D eigenvalue weighted by atomic mass is 9.91. The van der Waals surface area contributed by atoms with Crippen molar-refractivity contribution in [2.24, 2.45) is 0 Å². The Bertz CT molecular complexity index is 1660. The topological polar surface area (TPSA) is 120 Å². The highest BCUT2D eigenvalue weighted by Crippen LogP contribution is 2.35. The maximum atomic E-state index is 14.0. The molecule has 1 saturated carbocycles. The van der Waals surface area contributed by atoms with Gasteiger partial charge in [-0.2, -0.15) is 0 Å². The molecule has 218 valence electrons. The van der Waals surface area contributed by atoms with Crippen molar-refractivity contribution in [3.8, 4) is 28.3 Å². The Balaban J connectivity index is 1.62. The Morgan fingerprint density at radius 1 is 1.14 bits per heavy atom. The first kappa shape index (κ1) is 29.3. The van der Waals surface area contributed by atoms with Crippen LogP contribution < -0.4 is 10.9 Å². The Kier molecular flexibility index (Phi) is 8.91. The molecular formula is C32H34N4O5S. The number of benzene rings is 2. The molecule has 5 rings (SSSR count). The Morgan fingerprint density at radius 3 is 2.62 bits per heavy atom. The molecule has 1 fully saturated rings. The number of non-ortho nitro benzene ring substituents is 1. The van der Waals surface area contributed by atoms with Gasteiger partial charge in [0.05, 0.1) is 28.3 Å². The third-order valence-electron chi connectivity index (χ3n) is 7.62. The van der Waals surface area contributed by atoms with E-state index in [2.05, 4.69) is 19.2 Å². The zero-order valence-electron chi connectivity index (χ0n) is 24.0. The predicted octanol–water partition coefficient (Wildman–Crippen LogP) is 7.04. The molecule has 0 bridgehead atoms. The molecule has 1 aliphatic carbocycles. The van der Waals surface area contributed by atoms with Gasteiger partial charge in [-0.25, -0.2) is 4.98 Å². The minimum Gasteiger partial charge on any atom is -0.464 e. The third kappa shape index (κ3) is 6.33. The molecule has 2 aromatic heterocycles. The van der Waals surface area contributed by atoms with Crippen LogP contribution in [0.25, 0.3) is 28.3 Å². The van der Waals surface area contributed by atoms with Gasteiger partial charge in [-0.1, -0.05) is 63.1 Å². The lowest BCUT2D eigenvalue weighted by Crippen LogP contribution is -2.37. The van der Waals surface area contributed by atoms with Gasteiger partial charge in [-0.3, -0.25) is 24.3 Å². The fraction of sp³-hybridized carbons (Fsp3) is 0.344. The fourth-order valence-corrected chi connectivity index (χ4v) is 6.24. The van der Waals surface area contributed by atoms with Gasteiger partial charge in [0.15, 0.2) is 5.16 Å². The van der Waals surface area contributed by atoms with Crippen molar-refractivity contribution in [3.63, 3.8) is 0 Å². The zero-order valence-corrected chi connectivity index (χ0v) is 24.8. The Labute approximate surface area is 248 Å². The number of amides is 1. The normalized spacial score (nSPS) is 13.8. The lowest BCUT2D eigenvalue weighted by molar-refractivity contribution is -0.384. The molecule has 1 amide bonds. The summed E-state index contributed by atoms with van der Waals surface area (Å²) in [5, 5.41) is 14.9. The van der Waals surface area contributed by atoms with Crippen LogP contribution in [0.15, 0.2) is 75.2 Å². The van der Waals surface area contributed by atoms with E-state index in [1.807, 2.05) is 30.3 Å². The minimum atomic E-state index is -0.497. The highest BCUT2D eigenvalue weighted by Gasteiger charge is 2.23. The van der Waals surface area contributed by atoms with Crippen molar-refractivity contribution in [2.45, 2.75) is 70.0 Å². The summed E-state index contributed by atoms with van der Waals surface area (Å²) in [7, 11) is 0. The third-order valence-corrected chi connectivity index (χ3v) is 8.55. The van der Waals surface area contributed by atoms with Crippen LogP contribution in [0.3, 0.4) is 0 Å². The van der Waals surface area contributed by atoms with Crippen molar-refractivity contribution in [3.05, 3.63) is 92.5 Å².